The molecule has 3 aromatic rings. The number of halogens is 4. The fourth-order valence-electron chi connectivity index (χ4n) is 8.87. The molecule has 8 rings (SSSR count). The van der Waals surface area contributed by atoms with Crippen LogP contribution >= 0.6 is 0 Å². The number of carbonyl (C=O) groups is 1. The Morgan fingerprint density at radius 1 is 0.851 bits per heavy atom. The summed E-state index contributed by atoms with van der Waals surface area (Å²) in [5, 5.41) is 11.5. The maximum atomic E-state index is 16.2. The summed E-state index contributed by atoms with van der Waals surface area (Å²) in [5.74, 6) is -8.99. The number of hydrogen-bond donors (Lipinski definition) is 1. The Morgan fingerprint density at radius 2 is 1.53 bits per heavy atom. The van der Waals surface area contributed by atoms with E-state index in [1.165, 1.54) is 0 Å². The first kappa shape index (κ1) is 30.0. The van der Waals surface area contributed by atoms with E-state index in [1.54, 1.807) is 0 Å². The van der Waals surface area contributed by atoms with Gasteiger partial charge in [0, 0.05) is 65.4 Å². The Morgan fingerprint density at radius 3 is 2.26 bits per heavy atom. The average Bonchev–Trinajstić information content (AvgIpc) is 3.01. The van der Waals surface area contributed by atoms with Crippen LogP contribution in [0.2, 0.25) is 0 Å². The predicted octanol–water partition coefficient (Wildman–Crippen LogP) is 6.88. The lowest BCUT2D eigenvalue weighted by Crippen LogP contribution is -2.53. The van der Waals surface area contributed by atoms with Crippen molar-refractivity contribution in [3.8, 4) is 11.5 Å². The van der Waals surface area contributed by atoms with E-state index < -0.39 is 40.4 Å². The summed E-state index contributed by atoms with van der Waals surface area (Å²) < 4.78 is 70.9. The highest BCUT2D eigenvalue weighted by atomic mass is 19.2. The minimum absolute atomic E-state index is 0.0171. The summed E-state index contributed by atoms with van der Waals surface area (Å²) in [6.07, 6.45) is 7.19. The molecule has 5 nitrogen and oxygen atoms in total. The number of hydrogen-bond acceptors (Lipinski definition) is 3. The van der Waals surface area contributed by atoms with Gasteiger partial charge in [-0.05, 0) is 76.3 Å². The summed E-state index contributed by atoms with van der Waals surface area (Å²) in [4.78, 5) is 14.9. The zero-order chi connectivity index (χ0) is 33.5. The number of allylic oxidation sites excluding steroid dienone is 2. The zero-order valence-corrected chi connectivity index (χ0v) is 27.2. The van der Waals surface area contributed by atoms with Gasteiger partial charge in [-0.1, -0.05) is 6.08 Å². The highest BCUT2D eigenvalue weighted by molar-refractivity contribution is 6.01. The molecule has 1 N–H and O–H groups in total. The van der Waals surface area contributed by atoms with E-state index in [2.05, 4.69) is 49.3 Å². The lowest BCUT2D eigenvalue weighted by atomic mass is 9.78. The Balaban J connectivity index is 1.62. The molecule has 5 heterocycles. The molecule has 0 spiro atoms. The molecule has 0 unspecified atom stereocenters. The standard InChI is InChI=1S/C38H34F4N2O3/c1-17-15-37(3,4)43-11-7-9-19-32(43)21(17)13-23-25(26-27(36(45)46)29(40)31(42)30(41)28(26)39)24-14-22-18(2)16-38(5,6)44-12-8-10-20(33(22)44)35(24)47-34(19)23/h13-16H,7-12H2,1-6H3/p+1. The zero-order valence-electron chi connectivity index (χ0n) is 27.2. The predicted molar refractivity (Wildman–Crippen MR) is 173 cm³/mol. The first-order valence-corrected chi connectivity index (χ1v) is 16.1. The van der Waals surface area contributed by atoms with E-state index in [1.807, 2.05) is 26.0 Å². The summed E-state index contributed by atoms with van der Waals surface area (Å²) >= 11 is 0. The van der Waals surface area contributed by atoms with E-state index in [4.69, 9.17) is 4.74 Å². The maximum absolute atomic E-state index is 16.2. The van der Waals surface area contributed by atoms with Gasteiger partial charge >= 0.3 is 5.97 Å². The fraction of sp³-hybridized carbons (Fsp3) is 0.368. The van der Waals surface area contributed by atoms with Crippen LogP contribution < -0.4 is 24.8 Å². The summed E-state index contributed by atoms with van der Waals surface area (Å²) in [5.41, 5.74) is 4.01. The van der Waals surface area contributed by atoms with Gasteiger partial charge in [-0.3, -0.25) is 0 Å². The minimum Gasteiger partial charge on any atom is -0.478 e. The minimum atomic E-state index is -2.16. The Bertz CT molecular complexity index is 2230. The van der Waals surface area contributed by atoms with Crippen LogP contribution in [0.5, 0.6) is 11.5 Å². The third-order valence-corrected chi connectivity index (χ3v) is 10.7. The molecule has 0 aliphatic carbocycles. The second-order valence-electron chi connectivity index (χ2n) is 14.5. The monoisotopic (exact) mass is 643 g/mol. The van der Waals surface area contributed by atoms with Crippen molar-refractivity contribution in [1.82, 2.24) is 4.58 Å². The molecular weight excluding hydrogens is 608 g/mol. The van der Waals surface area contributed by atoms with Crippen LogP contribution in [0.25, 0.3) is 16.7 Å². The van der Waals surface area contributed by atoms with Crippen LogP contribution in [0.15, 0.2) is 24.3 Å². The number of benzene rings is 3. The number of anilines is 1. The molecule has 3 aromatic carbocycles. The van der Waals surface area contributed by atoms with Gasteiger partial charge in [-0.2, -0.15) is 0 Å². The van der Waals surface area contributed by atoms with E-state index >= 15 is 13.2 Å². The van der Waals surface area contributed by atoms with Gasteiger partial charge in [0.1, 0.15) is 23.6 Å². The van der Waals surface area contributed by atoms with E-state index in [-0.39, 0.29) is 16.7 Å². The fourth-order valence-corrected chi connectivity index (χ4v) is 8.87. The number of fused-ring (bicyclic) bond motifs is 4. The lowest BCUT2D eigenvalue weighted by Gasteiger charge is -2.47. The lowest BCUT2D eigenvalue weighted by molar-refractivity contribution is 0.0689. The quantitative estimate of drug-likeness (QED) is 0.112. The normalized spacial score (nSPS) is 19.6. The molecule has 0 radical (unpaired) electrons. The number of aromatic carboxylic acids is 1. The van der Waals surface area contributed by atoms with Gasteiger partial charge in [0.2, 0.25) is 5.36 Å². The molecule has 47 heavy (non-hydrogen) atoms. The van der Waals surface area contributed by atoms with Crippen LogP contribution in [0.3, 0.4) is 0 Å². The van der Waals surface area contributed by atoms with Crippen molar-refractivity contribution < 1.29 is 32.2 Å². The Kier molecular flexibility index (Phi) is 6.11. The van der Waals surface area contributed by atoms with Gasteiger partial charge in [0.15, 0.2) is 28.8 Å². The van der Waals surface area contributed by atoms with Crippen molar-refractivity contribution in [3.05, 3.63) is 97.1 Å². The van der Waals surface area contributed by atoms with Crippen LogP contribution in [-0.4, -0.2) is 35.2 Å². The summed E-state index contributed by atoms with van der Waals surface area (Å²) in [7, 11) is 0. The van der Waals surface area contributed by atoms with Crippen molar-refractivity contribution in [2.75, 3.05) is 18.0 Å². The molecule has 9 heteroatoms. The molecule has 5 aliphatic rings. The first-order chi connectivity index (χ1) is 22.1. The van der Waals surface area contributed by atoms with Crippen molar-refractivity contribution in [3.63, 3.8) is 0 Å². The van der Waals surface area contributed by atoms with Crippen molar-refractivity contribution >= 4 is 28.4 Å². The summed E-state index contributed by atoms with van der Waals surface area (Å²) in [6, 6.07) is 3.64. The van der Waals surface area contributed by atoms with Gasteiger partial charge in [-0.25, -0.2) is 26.9 Å². The molecule has 0 saturated carbocycles. The Hall–Kier alpha value is -4.40. The van der Waals surface area contributed by atoms with E-state index in [0.29, 0.717) is 35.1 Å². The Labute approximate surface area is 269 Å². The molecule has 0 atom stereocenters. The van der Waals surface area contributed by atoms with Crippen molar-refractivity contribution in [1.29, 1.82) is 0 Å². The SMILES string of the molecule is CC1=CC(C)(C)N2CCCc3c4c(cc1c32)C(c1c(F)c(F)c(F)c(F)c1C(=O)O)=c1cc2c3c(c1O4)CCC[N+]=3C(C)(C)C=C2C. The average molecular weight is 644 g/mol. The van der Waals surface area contributed by atoms with E-state index in [0.717, 1.165) is 70.4 Å². The molecule has 0 bridgehead atoms. The van der Waals surface area contributed by atoms with Crippen LogP contribution in [0.4, 0.5) is 23.2 Å². The molecule has 5 aliphatic heterocycles. The number of nitrogens with zero attached hydrogens (tertiary/aromatic N) is 2. The van der Waals surface area contributed by atoms with Crippen molar-refractivity contribution in [2.24, 2.45) is 0 Å². The smallest absolute Gasteiger partial charge is 0.339 e. The number of ether oxygens (including phenoxy) is 1. The van der Waals surface area contributed by atoms with Crippen LogP contribution in [-0.2, 0) is 12.8 Å². The van der Waals surface area contributed by atoms with Gasteiger partial charge < -0.3 is 14.7 Å². The van der Waals surface area contributed by atoms with E-state index in [9.17, 15) is 14.3 Å². The second-order valence-corrected chi connectivity index (χ2v) is 14.5. The highest BCUT2D eigenvalue weighted by Crippen LogP contribution is 2.52. The molecule has 0 aromatic heterocycles. The molecule has 242 valence electrons. The van der Waals surface area contributed by atoms with Gasteiger partial charge in [0.05, 0.1) is 16.8 Å². The maximum Gasteiger partial charge on any atom is 0.339 e. The first-order valence-electron chi connectivity index (χ1n) is 16.1. The van der Waals surface area contributed by atoms with Crippen LogP contribution in [0, 0.1) is 23.3 Å². The van der Waals surface area contributed by atoms with Gasteiger partial charge in [-0.15, -0.1) is 0 Å². The third kappa shape index (κ3) is 3.88. The number of carboxylic acid groups (broad SMARTS) is 1. The molecule has 0 fully saturated rings. The molecule has 0 amide bonds. The largest absolute Gasteiger partial charge is 0.478 e. The number of rotatable bonds is 2. The molecular formula is C38H35F4N2O3+. The topological polar surface area (TPSA) is 52.8 Å². The molecule has 0 saturated heterocycles. The van der Waals surface area contributed by atoms with Crippen LogP contribution in [0.1, 0.15) is 98.1 Å². The number of carboxylic acids is 1. The highest BCUT2D eigenvalue weighted by Gasteiger charge is 2.43. The van der Waals surface area contributed by atoms with Gasteiger partial charge in [0.25, 0.3) is 0 Å². The van der Waals surface area contributed by atoms with Crippen molar-refractivity contribution in [2.45, 2.75) is 78.3 Å². The second kappa shape index (κ2) is 9.58. The summed E-state index contributed by atoms with van der Waals surface area (Å²) in [6.45, 7) is 14.2. The third-order valence-electron chi connectivity index (χ3n) is 10.7.